The van der Waals surface area contributed by atoms with Crippen LogP contribution in [-0.2, 0) is 0 Å². The summed E-state index contributed by atoms with van der Waals surface area (Å²) >= 11 is 0. The molecule has 0 N–H and O–H groups in total. The molecule has 0 fully saturated rings. The van der Waals surface area contributed by atoms with E-state index in [1.165, 1.54) is 0 Å². The van der Waals surface area contributed by atoms with Gasteiger partial charge in [-0.2, -0.15) is 0 Å². The van der Waals surface area contributed by atoms with Crippen molar-refractivity contribution in [2.24, 2.45) is 0 Å². The maximum absolute atomic E-state index is 8.02. The van der Waals surface area contributed by atoms with Gasteiger partial charge in [0, 0.05) is 12.9 Å². The Kier molecular flexibility index (Phi) is 2.71. The summed E-state index contributed by atoms with van der Waals surface area (Å²) < 4.78 is 21.1. The standard InChI is InChI=1S/C15H18O/c1-3-13(12-8-4-5-9-12)14-10-6-7-11-15(14)16-2/h4-8,10-11,13H,3,9H2,1-2H3/i4D,9D. The van der Waals surface area contributed by atoms with Gasteiger partial charge in [-0.3, -0.25) is 0 Å². The van der Waals surface area contributed by atoms with Gasteiger partial charge in [0.15, 0.2) is 0 Å². The molecule has 2 rings (SSSR count). The van der Waals surface area contributed by atoms with Gasteiger partial charge >= 0.3 is 0 Å². The first kappa shape index (κ1) is 8.63. The Labute approximate surface area is 100 Å². The Morgan fingerprint density at radius 3 is 2.94 bits per heavy atom. The first-order valence-corrected chi connectivity index (χ1v) is 5.62. The van der Waals surface area contributed by atoms with Gasteiger partial charge in [0.2, 0.25) is 0 Å². The van der Waals surface area contributed by atoms with Crippen molar-refractivity contribution < 1.29 is 7.48 Å². The van der Waals surface area contributed by atoms with Crippen molar-refractivity contribution in [3.8, 4) is 5.75 Å². The van der Waals surface area contributed by atoms with Crippen molar-refractivity contribution in [1.82, 2.24) is 0 Å². The average molecular weight is 216 g/mol. The molecular formula is C15H18O. The second-order valence-electron chi connectivity index (χ2n) is 3.85. The first-order valence-electron chi connectivity index (χ1n) is 6.70. The lowest BCUT2D eigenvalue weighted by Crippen LogP contribution is -2.02. The Morgan fingerprint density at radius 1 is 1.50 bits per heavy atom. The zero-order valence-electron chi connectivity index (χ0n) is 11.7. The summed E-state index contributed by atoms with van der Waals surface area (Å²) in [5.74, 6) is 1.01. The third-order valence-electron chi connectivity index (χ3n) is 2.95. The molecule has 1 heteroatoms. The van der Waals surface area contributed by atoms with E-state index in [2.05, 4.69) is 6.92 Å². The molecule has 0 radical (unpaired) electrons. The monoisotopic (exact) mass is 216 g/mol. The minimum absolute atomic E-state index is 0.155. The lowest BCUT2D eigenvalue weighted by molar-refractivity contribution is 0.406. The predicted molar refractivity (Wildman–Crippen MR) is 67.9 cm³/mol. The molecule has 2 atom stereocenters. The maximum Gasteiger partial charge on any atom is 0.122 e. The van der Waals surface area contributed by atoms with Crippen LogP contribution in [0, 0.1) is 0 Å². The summed E-state index contributed by atoms with van der Waals surface area (Å²) in [6.07, 6.45) is 4.00. The normalized spacial score (nSPS) is 23.0. The van der Waals surface area contributed by atoms with Crippen LogP contribution in [0.15, 0.2) is 48.0 Å². The Bertz CT molecular complexity index is 491. The number of ether oxygens (including phenoxy) is 1. The van der Waals surface area contributed by atoms with E-state index in [0.717, 1.165) is 23.3 Å². The summed E-state index contributed by atoms with van der Waals surface area (Å²) in [7, 11) is 1.67. The molecule has 0 saturated heterocycles. The van der Waals surface area contributed by atoms with Gasteiger partial charge in [-0.05, 0) is 18.9 Å². The van der Waals surface area contributed by atoms with Crippen LogP contribution in [0.5, 0.6) is 5.75 Å². The van der Waals surface area contributed by atoms with E-state index in [4.69, 9.17) is 7.48 Å². The van der Waals surface area contributed by atoms with Gasteiger partial charge in [-0.15, -0.1) is 0 Å². The topological polar surface area (TPSA) is 9.23 Å². The highest BCUT2D eigenvalue weighted by atomic mass is 16.5. The van der Waals surface area contributed by atoms with E-state index in [9.17, 15) is 0 Å². The molecule has 0 aliphatic heterocycles. The van der Waals surface area contributed by atoms with Gasteiger partial charge in [-0.25, -0.2) is 0 Å². The van der Waals surface area contributed by atoms with E-state index in [1.807, 2.05) is 30.3 Å². The third-order valence-corrected chi connectivity index (χ3v) is 2.95. The molecule has 84 valence electrons. The number of methoxy groups -OCH3 is 1. The van der Waals surface area contributed by atoms with Gasteiger partial charge < -0.3 is 4.74 Å². The van der Waals surface area contributed by atoms with E-state index < -0.39 is 6.40 Å². The number of allylic oxidation sites excluding steroid dienone is 4. The van der Waals surface area contributed by atoms with E-state index in [1.54, 1.807) is 13.2 Å². The van der Waals surface area contributed by atoms with E-state index >= 15 is 0 Å². The molecule has 0 aromatic heterocycles. The van der Waals surface area contributed by atoms with Gasteiger partial charge in [-0.1, -0.05) is 48.9 Å². The molecule has 1 aliphatic rings. The van der Waals surface area contributed by atoms with Crippen LogP contribution in [0.2, 0.25) is 0 Å². The largest absolute Gasteiger partial charge is 0.496 e. The van der Waals surface area contributed by atoms with Gasteiger partial charge in [0.25, 0.3) is 0 Å². The number of para-hydroxylation sites is 1. The van der Waals surface area contributed by atoms with Crippen LogP contribution < -0.4 is 4.74 Å². The smallest absolute Gasteiger partial charge is 0.122 e. The van der Waals surface area contributed by atoms with Crippen LogP contribution in [0.3, 0.4) is 0 Å². The van der Waals surface area contributed by atoms with Gasteiger partial charge in [0.05, 0.1) is 8.48 Å². The van der Waals surface area contributed by atoms with E-state index in [-0.39, 0.29) is 5.92 Å². The molecule has 0 amide bonds. The Hall–Kier alpha value is -1.50. The van der Waals surface area contributed by atoms with Crippen molar-refractivity contribution >= 4 is 0 Å². The second kappa shape index (κ2) is 5.02. The minimum Gasteiger partial charge on any atom is -0.496 e. The van der Waals surface area contributed by atoms with Crippen LogP contribution >= 0.6 is 0 Å². The second-order valence-corrected chi connectivity index (χ2v) is 3.85. The zero-order valence-corrected chi connectivity index (χ0v) is 9.73. The third kappa shape index (κ3) is 2.04. The molecule has 1 aromatic rings. The Balaban J connectivity index is 2.38. The van der Waals surface area contributed by atoms with Crippen LogP contribution in [0.4, 0.5) is 0 Å². The number of hydrogen-bond donors (Lipinski definition) is 0. The summed E-state index contributed by atoms with van der Waals surface area (Å²) in [5.41, 5.74) is 2.10. The molecule has 16 heavy (non-hydrogen) atoms. The highest BCUT2D eigenvalue weighted by molar-refractivity contribution is 5.43. The fourth-order valence-corrected chi connectivity index (χ4v) is 2.14. The maximum atomic E-state index is 8.02. The SMILES string of the molecule is [2H]C1=CC([2H])C(C(CC)c2ccccc2OC)=C1. The van der Waals surface area contributed by atoms with Crippen molar-refractivity contribution in [3.63, 3.8) is 0 Å². The van der Waals surface area contributed by atoms with E-state index in [0.29, 0.717) is 6.05 Å². The van der Waals surface area contributed by atoms with Crippen molar-refractivity contribution in [1.29, 1.82) is 0 Å². The summed E-state index contributed by atoms with van der Waals surface area (Å²) in [6, 6.07) is 8.37. The molecule has 0 bridgehead atoms. The fraction of sp³-hybridized carbons (Fsp3) is 0.333. The molecule has 1 nitrogen and oxygen atoms in total. The van der Waals surface area contributed by atoms with Crippen LogP contribution in [0.25, 0.3) is 0 Å². The predicted octanol–water partition coefficient (Wildman–Crippen LogP) is 4.08. The minimum atomic E-state index is -0.396. The summed E-state index contributed by atoms with van der Waals surface area (Å²) in [4.78, 5) is 0. The molecule has 0 heterocycles. The quantitative estimate of drug-likeness (QED) is 0.737. The number of rotatable bonds is 4. The highest BCUT2D eigenvalue weighted by Gasteiger charge is 2.18. The summed E-state index contributed by atoms with van der Waals surface area (Å²) in [5, 5.41) is 0. The molecule has 0 saturated carbocycles. The summed E-state index contributed by atoms with van der Waals surface area (Å²) in [6.45, 7) is 2.10. The number of hydrogen-bond acceptors (Lipinski definition) is 1. The highest BCUT2D eigenvalue weighted by Crippen LogP contribution is 2.36. The molecule has 1 aliphatic carbocycles. The van der Waals surface area contributed by atoms with Crippen molar-refractivity contribution in [2.75, 3.05) is 7.11 Å². The Morgan fingerprint density at radius 2 is 2.31 bits per heavy atom. The van der Waals surface area contributed by atoms with Gasteiger partial charge in [0.1, 0.15) is 5.75 Å². The number of benzene rings is 1. The molecule has 2 unspecified atom stereocenters. The lowest BCUT2D eigenvalue weighted by atomic mass is 9.87. The lowest BCUT2D eigenvalue weighted by Gasteiger charge is -2.19. The van der Waals surface area contributed by atoms with Crippen molar-refractivity contribution in [3.05, 3.63) is 53.6 Å². The zero-order chi connectivity index (χ0) is 13.1. The van der Waals surface area contributed by atoms with Crippen LogP contribution in [0.1, 0.15) is 34.0 Å². The molecule has 0 spiro atoms. The molecular weight excluding hydrogens is 196 g/mol. The van der Waals surface area contributed by atoms with Crippen LogP contribution in [-0.4, -0.2) is 7.11 Å². The first-order chi connectivity index (χ1) is 8.67. The average Bonchev–Trinajstić information content (AvgIpc) is 2.70. The molecule has 1 aromatic carbocycles. The fourth-order valence-electron chi connectivity index (χ4n) is 2.14. The van der Waals surface area contributed by atoms with Crippen molar-refractivity contribution in [2.45, 2.75) is 25.7 Å².